The summed E-state index contributed by atoms with van der Waals surface area (Å²) < 4.78 is 0. The minimum Gasteiger partial charge on any atom is -0.318 e. The van der Waals surface area contributed by atoms with Gasteiger partial charge in [0.1, 0.15) is 0 Å². The fraction of sp³-hybridized carbons (Fsp3) is 0. The molecule has 0 aliphatic heterocycles. The van der Waals surface area contributed by atoms with Crippen LogP contribution in [0.3, 0.4) is 0 Å². The molecule has 0 saturated heterocycles. The van der Waals surface area contributed by atoms with Crippen molar-refractivity contribution in [1.29, 1.82) is 0 Å². The number of hydrogen-bond donors (Lipinski definition) is 2. The van der Waals surface area contributed by atoms with Crippen LogP contribution in [-0.4, -0.2) is 18.0 Å². The van der Waals surface area contributed by atoms with Gasteiger partial charge >= 0.3 is 11.8 Å². The molecule has 0 heterocycles. The minimum absolute atomic E-state index is 0.552. The van der Waals surface area contributed by atoms with Crippen LogP contribution in [0.4, 0.5) is 5.69 Å². The van der Waals surface area contributed by atoms with Crippen molar-refractivity contribution < 1.29 is 9.59 Å². The molecule has 0 fully saturated rings. The van der Waals surface area contributed by atoms with Gasteiger partial charge < -0.3 is 5.32 Å². The zero-order valence-corrected chi connectivity index (χ0v) is 12.8. The molecule has 0 atom stereocenters. The molecule has 0 spiro atoms. The van der Waals surface area contributed by atoms with Gasteiger partial charge in [-0.25, -0.2) is 5.43 Å². The Labute approximate surface area is 139 Å². The maximum atomic E-state index is 11.8. The highest BCUT2D eigenvalue weighted by Gasteiger charge is 2.12. The van der Waals surface area contributed by atoms with E-state index < -0.39 is 11.8 Å². The van der Waals surface area contributed by atoms with Crippen LogP contribution in [0.25, 0.3) is 10.8 Å². The number of nitrogens with one attached hydrogen (secondary N) is 2. The van der Waals surface area contributed by atoms with Crippen molar-refractivity contribution in [1.82, 2.24) is 5.43 Å². The summed E-state index contributed by atoms with van der Waals surface area (Å²) in [6.07, 6.45) is 1.52. The van der Waals surface area contributed by atoms with E-state index in [2.05, 4.69) is 15.8 Å². The van der Waals surface area contributed by atoms with Gasteiger partial charge in [-0.3, -0.25) is 9.59 Å². The Balaban J connectivity index is 1.65. The van der Waals surface area contributed by atoms with Gasteiger partial charge in [-0.05, 0) is 22.9 Å². The van der Waals surface area contributed by atoms with Crippen molar-refractivity contribution >= 4 is 34.5 Å². The highest BCUT2D eigenvalue weighted by molar-refractivity contribution is 6.39. The predicted molar refractivity (Wildman–Crippen MR) is 94.8 cm³/mol. The molecule has 3 rings (SSSR count). The van der Waals surface area contributed by atoms with Gasteiger partial charge in [0.05, 0.1) is 6.21 Å². The van der Waals surface area contributed by atoms with Gasteiger partial charge in [-0.2, -0.15) is 5.10 Å². The van der Waals surface area contributed by atoms with Crippen LogP contribution in [0.2, 0.25) is 0 Å². The standard InChI is InChI=1S/C19H15N3O2/c23-18(21-16-10-2-1-3-11-16)19(24)22-20-13-15-9-6-8-14-7-4-5-12-17(14)15/h1-13H,(H,21,23)(H,22,24). The summed E-state index contributed by atoms with van der Waals surface area (Å²) in [6.45, 7) is 0. The Morgan fingerprint density at radius 2 is 1.50 bits per heavy atom. The van der Waals surface area contributed by atoms with Gasteiger partial charge in [-0.15, -0.1) is 0 Å². The number of nitrogens with zero attached hydrogens (tertiary/aromatic N) is 1. The summed E-state index contributed by atoms with van der Waals surface area (Å²) in [5.41, 5.74) is 3.64. The zero-order chi connectivity index (χ0) is 16.8. The van der Waals surface area contributed by atoms with Gasteiger partial charge in [-0.1, -0.05) is 60.7 Å². The molecule has 3 aromatic rings. The average molecular weight is 317 g/mol. The lowest BCUT2D eigenvalue weighted by Gasteiger charge is -2.03. The lowest BCUT2D eigenvalue weighted by molar-refractivity contribution is -0.136. The molecule has 0 aliphatic rings. The summed E-state index contributed by atoms with van der Waals surface area (Å²) in [5.74, 6) is -1.59. The maximum Gasteiger partial charge on any atom is 0.329 e. The molecule has 3 aromatic carbocycles. The summed E-state index contributed by atoms with van der Waals surface area (Å²) in [6, 6.07) is 22.4. The van der Waals surface area contributed by atoms with Crippen LogP contribution < -0.4 is 10.7 Å². The van der Waals surface area contributed by atoms with E-state index in [0.29, 0.717) is 5.69 Å². The number of carbonyl (C=O) groups excluding carboxylic acids is 2. The molecule has 0 unspecified atom stereocenters. The number of hydrogen-bond acceptors (Lipinski definition) is 3. The average Bonchev–Trinajstić information content (AvgIpc) is 2.62. The molecule has 0 aromatic heterocycles. The molecule has 2 N–H and O–H groups in total. The lowest BCUT2D eigenvalue weighted by Crippen LogP contribution is -2.32. The topological polar surface area (TPSA) is 70.6 Å². The molecule has 5 nitrogen and oxygen atoms in total. The largest absolute Gasteiger partial charge is 0.329 e. The van der Waals surface area contributed by atoms with E-state index >= 15 is 0 Å². The second-order valence-corrected chi connectivity index (χ2v) is 5.09. The second kappa shape index (κ2) is 7.19. The fourth-order valence-electron chi connectivity index (χ4n) is 2.28. The van der Waals surface area contributed by atoms with E-state index in [4.69, 9.17) is 0 Å². The Morgan fingerprint density at radius 3 is 2.33 bits per heavy atom. The Bertz CT molecular complexity index is 899. The third-order valence-corrected chi connectivity index (χ3v) is 3.43. The highest BCUT2D eigenvalue weighted by Crippen LogP contribution is 2.16. The molecule has 2 amide bonds. The molecule has 24 heavy (non-hydrogen) atoms. The highest BCUT2D eigenvalue weighted by atomic mass is 16.2. The van der Waals surface area contributed by atoms with Gasteiger partial charge in [0.25, 0.3) is 0 Å². The lowest BCUT2D eigenvalue weighted by atomic mass is 10.1. The molecule has 0 bridgehead atoms. The Hall–Kier alpha value is -3.47. The van der Waals surface area contributed by atoms with Crippen molar-refractivity contribution in [2.45, 2.75) is 0 Å². The van der Waals surface area contributed by atoms with Crippen LogP contribution >= 0.6 is 0 Å². The number of benzene rings is 3. The van der Waals surface area contributed by atoms with Crippen LogP contribution in [0.15, 0.2) is 77.9 Å². The molecule has 5 heteroatoms. The molecule has 118 valence electrons. The molecular weight excluding hydrogens is 302 g/mol. The predicted octanol–water partition coefficient (Wildman–Crippen LogP) is 2.93. The van der Waals surface area contributed by atoms with Crippen LogP contribution in [0.5, 0.6) is 0 Å². The zero-order valence-electron chi connectivity index (χ0n) is 12.8. The first-order valence-corrected chi connectivity index (χ1v) is 7.41. The van der Waals surface area contributed by atoms with Crippen molar-refractivity contribution in [3.8, 4) is 0 Å². The van der Waals surface area contributed by atoms with E-state index in [9.17, 15) is 9.59 Å². The first-order valence-electron chi connectivity index (χ1n) is 7.41. The number of fused-ring (bicyclic) bond motifs is 1. The minimum atomic E-state index is -0.824. The summed E-state index contributed by atoms with van der Waals surface area (Å²) in [7, 11) is 0. The number of para-hydroxylation sites is 1. The maximum absolute atomic E-state index is 11.8. The second-order valence-electron chi connectivity index (χ2n) is 5.09. The monoisotopic (exact) mass is 317 g/mol. The molecular formula is C19H15N3O2. The van der Waals surface area contributed by atoms with Crippen LogP contribution in [-0.2, 0) is 9.59 Å². The van der Waals surface area contributed by atoms with Crippen LogP contribution in [0.1, 0.15) is 5.56 Å². The van der Waals surface area contributed by atoms with Crippen molar-refractivity contribution in [2.75, 3.05) is 5.32 Å². The van der Waals surface area contributed by atoms with E-state index in [1.54, 1.807) is 24.3 Å². The molecule has 0 saturated carbocycles. The Kier molecular flexibility index (Phi) is 4.62. The van der Waals surface area contributed by atoms with Gasteiger partial charge in [0.15, 0.2) is 0 Å². The Morgan fingerprint density at radius 1 is 0.792 bits per heavy atom. The normalized spacial score (nSPS) is 10.7. The first-order chi connectivity index (χ1) is 11.7. The molecule has 0 aliphatic carbocycles. The molecule has 0 radical (unpaired) electrons. The van der Waals surface area contributed by atoms with E-state index in [1.807, 2.05) is 48.5 Å². The summed E-state index contributed by atoms with van der Waals surface area (Å²) in [4.78, 5) is 23.5. The number of hydrazone groups is 1. The van der Waals surface area contributed by atoms with E-state index in [1.165, 1.54) is 6.21 Å². The van der Waals surface area contributed by atoms with Crippen molar-refractivity contribution in [3.05, 3.63) is 78.4 Å². The summed E-state index contributed by atoms with van der Waals surface area (Å²) >= 11 is 0. The third-order valence-electron chi connectivity index (χ3n) is 3.43. The van der Waals surface area contributed by atoms with Gasteiger partial charge in [0, 0.05) is 11.3 Å². The number of anilines is 1. The SMILES string of the molecule is O=C(NN=Cc1cccc2ccccc12)C(=O)Nc1ccccc1. The van der Waals surface area contributed by atoms with Crippen LogP contribution in [0, 0.1) is 0 Å². The van der Waals surface area contributed by atoms with Crippen molar-refractivity contribution in [2.24, 2.45) is 5.10 Å². The smallest absolute Gasteiger partial charge is 0.318 e. The van der Waals surface area contributed by atoms with Crippen molar-refractivity contribution in [3.63, 3.8) is 0 Å². The van der Waals surface area contributed by atoms with E-state index in [0.717, 1.165) is 16.3 Å². The fourth-order valence-corrected chi connectivity index (χ4v) is 2.28. The quantitative estimate of drug-likeness (QED) is 0.443. The summed E-state index contributed by atoms with van der Waals surface area (Å²) in [5, 5.41) is 8.46. The van der Waals surface area contributed by atoms with E-state index in [-0.39, 0.29) is 0 Å². The first kappa shape index (κ1) is 15.4. The number of amides is 2. The number of rotatable bonds is 3. The number of carbonyl (C=O) groups is 2. The third kappa shape index (κ3) is 3.64. The van der Waals surface area contributed by atoms with Gasteiger partial charge in [0.2, 0.25) is 0 Å².